The van der Waals surface area contributed by atoms with E-state index in [0.717, 1.165) is 44.1 Å². The molecule has 5 aromatic rings. The Kier molecular flexibility index (Phi) is 5.28. The Morgan fingerprint density at radius 3 is 2.62 bits per heavy atom. The van der Waals surface area contributed by atoms with E-state index in [2.05, 4.69) is 20.5 Å². The summed E-state index contributed by atoms with van der Waals surface area (Å²) >= 11 is 1.54. The van der Waals surface area contributed by atoms with E-state index in [-0.39, 0.29) is 5.69 Å². The van der Waals surface area contributed by atoms with Gasteiger partial charge >= 0.3 is 0 Å². The van der Waals surface area contributed by atoms with E-state index in [1.54, 1.807) is 22.0 Å². The highest BCUT2D eigenvalue weighted by Crippen LogP contribution is 2.27. The van der Waals surface area contributed by atoms with E-state index < -0.39 is 11.6 Å². The van der Waals surface area contributed by atoms with Crippen molar-refractivity contribution in [3.8, 4) is 16.9 Å². The SMILES string of the molecule is Cc1nn2cc(CNCc3cn(-c4ccc(F)cc4F)nc3-c3ccccc3C)nc2s1. The molecule has 0 aliphatic heterocycles. The lowest BCUT2D eigenvalue weighted by Gasteiger charge is -2.06. The molecule has 0 bridgehead atoms. The van der Waals surface area contributed by atoms with Crippen molar-refractivity contribution in [3.63, 3.8) is 0 Å². The molecular formula is C23H20F2N6S. The van der Waals surface area contributed by atoms with Crippen LogP contribution in [0, 0.1) is 25.5 Å². The van der Waals surface area contributed by atoms with Gasteiger partial charge in [0.15, 0.2) is 5.82 Å². The average molecular weight is 451 g/mol. The van der Waals surface area contributed by atoms with Crippen LogP contribution in [0.5, 0.6) is 0 Å². The molecule has 2 aromatic carbocycles. The molecule has 0 saturated carbocycles. The quantitative estimate of drug-likeness (QED) is 0.403. The maximum Gasteiger partial charge on any atom is 0.212 e. The van der Waals surface area contributed by atoms with Gasteiger partial charge in [-0.1, -0.05) is 35.6 Å². The first-order valence-corrected chi connectivity index (χ1v) is 10.9. The van der Waals surface area contributed by atoms with E-state index in [0.29, 0.717) is 13.1 Å². The lowest BCUT2D eigenvalue weighted by atomic mass is 10.0. The van der Waals surface area contributed by atoms with Crippen molar-refractivity contribution in [2.24, 2.45) is 0 Å². The van der Waals surface area contributed by atoms with E-state index in [1.165, 1.54) is 16.8 Å². The van der Waals surface area contributed by atoms with Crippen LogP contribution in [0.15, 0.2) is 54.9 Å². The van der Waals surface area contributed by atoms with Gasteiger partial charge in [0, 0.05) is 36.5 Å². The number of fused-ring (bicyclic) bond motifs is 1. The minimum Gasteiger partial charge on any atom is -0.307 e. The zero-order valence-corrected chi connectivity index (χ0v) is 18.3. The number of hydrogen-bond donors (Lipinski definition) is 1. The molecule has 0 saturated heterocycles. The Labute approximate surface area is 187 Å². The highest BCUT2D eigenvalue weighted by atomic mass is 32.1. The number of nitrogens with zero attached hydrogens (tertiary/aromatic N) is 5. The predicted octanol–water partition coefficient (Wildman–Crippen LogP) is 4.83. The number of nitrogens with one attached hydrogen (secondary N) is 1. The third-order valence-corrected chi connectivity index (χ3v) is 6.00. The van der Waals surface area contributed by atoms with Gasteiger partial charge in [-0.25, -0.2) is 23.0 Å². The van der Waals surface area contributed by atoms with Gasteiger partial charge in [0.1, 0.15) is 16.5 Å². The first-order chi connectivity index (χ1) is 15.5. The molecule has 3 heterocycles. The van der Waals surface area contributed by atoms with Gasteiger partial charge in [-0.15, -0.1) is 0 Å². The Bertz CT molecular complexity index is 1390. The van der Waals surface area contributed by atoms with Gasteiger partial charge in [-0.3, -0.25) is 0 Å². The number of imidazole rings is 1. The summed E-state index contributed by atoms with van der Waals surface area (Å²) in [5, 5.41) is 13.4. The normalized spacial score (nSPS) is 11.5. The van der Waals surface area contributed by atoms with Crippen molar-refractivity contribution in [1.82, 2.24) is 29.7 Å². The van der Waals surface area contributed by atoms with Crippen molar-refractivity contribution < 1.29 is 8.78 Å². The van der Waals surface area contributed by atoms with Crippen LogP contribution in [0.4, 0.5) is 8.78 Å². The fourth-order valence-electron chi connectivity index (χ4n) is 3.65. The van der Waals surface area contributed by atoms with E-state index >= 15 is 0 Å². The summed E-state index contributed by atoms with van der Waals surface area (Å²) in [6.45, 7) is 5.02. The van der Waals surface area contributed by atoms with Crippen LogP contribution in [0.25, 0.3) is 21.9 Å². The molecule has 0 aliphatic rings. The Morgan fingerprint density at radius 1 is 1.00 bits per heavy atom. The molecule has 9 heteroatoms. The summed E-state index contributed by atoms with van der Waals surface area (Å²) in [4.78, 5) is 5.44. The van der Waals surface area contributed by atoms with E-state index in [9.17, 15) is 8.78 Å². The number of aromatic nitrogens is 5. The fourth-order valence-corrected chi connectivity index (χ4v) is 4.39. The molecule has 3 aromatic heterocycles. The van der Waals surface area contributed by atoms with Crippen molar-refractivity contribution in [1.29, 1.82) is 0 Å². The van der Waals surface area contributed by atoms with Crippen LogP contribution >= 0.6 is 11.3 Å². The number of halogens is 2. The summed E-state index contributed by atoms with van der Waals surface area (Å²) in [7, 11) is 0. The average Bonchev–Trinajstić information content (AvgIpc) is 3.41. The summed E-state index contributed by atoms with van der Waals surface area (Å²) in [5.41, 5.74) is 4.77. The second-order valence-corrected chi connectivity index (χ2v) is 8.70. The standard InChI is InChI=1S/C23H20F2N6S/c1-14-5-3-4-6-19(14)22-16(12-30(29-22)21-8-7-17(24)9-20(21)25)10-26-11-18-13-31-23(27-18)32-15(2)28-31/h3-9,12-13,26H,10-11H2,1-2H3. The van der Waals surface area contributed by atoms with Gasteiger partial charge in [-0.2, -0.15) is 10.2 Å². The van der Waals surface area contributed by atoms with Crippen LogP contribution in [-0.2, 0) is 13.1 Å². The lowest BCUT2D eigenvalue weighted by Crippen LogP contribution is -2.13. The highest BCUT2D eigenvalue weighted by molar-refractivity contribution is 7.16. The summed E-state index contributed by atoms with van der Waals surface area (Å²) in [5.74, 6) is -1.28. The highest BCUT2D eigenvalue weighted by Gasteiger charge is 2.16. The smallest absolute Gasteiger partial charge is 0.212 e. The zero-order valence-electron chi connectivity index (χ0n) is 17.5. The first-order valence-electron chi connectivity index (χ1n) is 10.1. The number of benzene rings is 2. The number of aryl methyl sites for hydroxylation is 2. The third-order valence-electron chi connectivity index (χ3n) is 5.16. The molecule has 0 radical (unpaired) electrons. The van der Waals surface area contributed by atoms with E-state index in [4.69, 9.17) is 0 Å². The van der Waals surface area contributed by atoms with Crippen LogP contribution in [-0.4, -0.2) is 24.4 Å². The van der Waals surface area contributed by atoms with Crippen LogP contribution in [0.1, 0.15) is 21.8 Å². The number of rotatable bonds is 6. The van der Waals surface area contributed by atoms with Gasteiger partial charge < -0.3 is 5.32 Å². The Hall–Kier alpha value is -3.43. The molecular weight excluding hydrogens is 430 g/mol. The molecule has 0 aliphatic carbocycles. The summed E-state index contributed by atoms with van der Waals surface area (Å²) in [6, 6.07) is 11.4. The van der Waals surface area contributed by atoms with Crippen LogP contribution < -0.4 is 5.32 Å². The maximum atomic E-state index is 14.4. The van der Waals surface area contributed by atoms with E-state index in [1.807, 2.05) is 44.3 Å². The summed E-state index contributed by atoms with van der Waals surface area (Å²) < 4.78 is 31.0. The predicted molar refractivity (Wildman–Crippen MR) is 120 cm³/mol. The molecule has 5 rings (SSSR count). The van der Waals surface area contributed by atoms with Gasteiger partial charge in [-0.05, 0) is 31.5 Å². The minimum absolute atomic E-state index is 0.197. The zero-order chi connectivity index (χ0) is 22.2. The Morgan fingerprint density at radius 2 is 1.84 bits per heavy atom. The molecule has 0 amide bonds. The molecule has 32 heavy (non-hydrogen) atoms. The lowest BCUT2D eigenvalue weighted by molar-refractivity contribution is 0.573. The van der Waals surface area contributed by atoms with Gasteiger partial charge in [0.2, 0.25) is 4.96 Å². The largest absolute Gasteiger partial charge is 0.307 e. The minimum atomic E-state index is -0.663. The second-order valence-electron chi connectivity index (χ2n) is 7.54. The fraction of sp³-hybridized carbons (Fsp3) is 0.174. The van der Waals surface area contributed by atoms with Crippen molar-refractivity contribution in [2.75, 3.05) is 0 Å². The second kappa shape index (κ2) is 8.25. The first kappa shape index (κ1) is 20.5. The molecule has 0 spiro atoms. The van der Waals surface area contributed by atoms with Gasteiger partial charge in [0.05, 0.1) is 17.6 Å². The number of hydrogen-bond acceptors (Lipinski definition) is 5. The van der Waals surface area contributed by atoms with Crippen molar-refractivity contribution in [3.05, 3.63) is 88.3 Å². The molecule has 0 fully saturated rings. The third kappa shape index (κ3) is 3.92. The molecule has 1 N–H and O–H groups in total. The Balaban J connectivity index is 1.44. The van der Waals surface area contributed by atoms with Crippen LogP contribution in [0.2, 0.25) is 0 Å². The molecule has 0 unspecified atom stereocenters. The summed E-state index contributed by atoms with van der Waals surface area (Å²) in [6.07, 6.45) is 3.69. The van der Waals surface area contributed by atoms with Gasteiger partial charge in [0.25, 0.3) is 0 Å². The van der Waals surface area contributed by atoms with Crippen molar-refractivity contribution in [2.45, 2.75) is 26.9 Å². The monoisotopic (exact) mass is 450 g/mol. The molecule has 0 atom stereocenters. The maximum absolute atomic E-state index is 14.4. The van der Waals surface area contributed by atoms with Crippen molar-refractivity contribution >= 4 is 16.3 Å². The van der Waals surface area contributed by atoms with Crippen LogP contribution in [0.3, 0.4) is 0 Å². The topological polar surface area (TPSA) is 60.0 Å². The molecule has 6 nitrogen and oxygen atoms in total. The molecule has 162 valence electrons.